The van der Waals surface area contributed by atoms with Gasteiger partial charge in [0.1, 0.15) is 0 Å². The molecule has 0 bridgehead atoms. The Balaban J connectivity index is 3.54. The fourth-order valence-electron chi connectivity index (χ4n) is 1.03. The molecule has 12 heavy (non-hydrogen) atoms. The zero-order chi connectivity index (χ0) is 9.56. The molecule has 4 nitrogen and oxygen atoms in total. The molecule has 0 heterocycles. The van der Waals surface area contributed by atoms with E-state index >= 15 is 0 Å². The second kappa shape index (κ2) is 5.83. The van der Waals surface area contributed by atoms with Crippen LogP contribution < -0.4 is 10.6 Å². The fourth-order valence-corrected chi connectivity index (χ4v) is 1.03. The van der Waals surface area contributed by atoms with Crippen LogP contribution in [0.4, 0.5) is 4.79 Å². The largest absolute Gasteiger partial charge is 0.338 e. The molecular weight excluding hydrogens is 154 g/mol. The predicted molar refractivity (Wildman–Crippen MR) is 50.2 cm³/mol. The third kappa shape index (κ3) is 5.97. The maximum absolute atomic E-state index is 11.0. The van der Waals surface area contributed by atoms with E-state index in [1.165, 1.54) is 0 Å². The number of rotatable bonds is 4. The van der Waals surface area contributed by atoms with Crippen LogP contribution in [0.3, 0.4) is 0 Å². The van der Waals surface area contributed by atoms with Gasteiger partial charge in [0.25, 0.3) is 0 Å². The summed E-state index contributed by atoms with van der Waals surface area (Å²) in [6, 6.07) is 0.0957. The molecule has 4 heteroatoms. The lowest BCUT2D eigenvalue weighted by atomic mass is 10.3. The molecule has 0 radical (unpaired) electrons. The van der Waals surface area contributed by atoms with Crippen molar-refractivity contribution in [3.63, 3.8) is 0 Å². The first-order valence-corrected chi connectivity index (χ1v) is 4.25. The van der Waals surface area contributed by atoms with Gasteiger partial charge >= 0.3 is 6.03 Å². The van der Waals surface area contributed by atoms with Crippen molar-refractivity contribution in [2.24, 2.45) is 0 Å². The maximum Gasteiger partial charge on any atom is 0.315 e. The standard InChI is InChI=1S/C8H19N3O/c1-5-9-8(12)10-7(2)6-11(3)4/h7H,5-6H2,1-4H3,(H2,9,10,12). The van der Waals surface area contributed by atoms with Gasteiger partial charge in [-0.1, -0.05) is 0 Å². The van der Waals surface area contributed by atoms with Gasteiger partial charge in [0.2, 0.25) is 0 Å². The van der Waals surface area contributed by atoms with Crippen molar-refractivity contribution in [1.82, 2.24) is 15.5 Å². The summed E-state index contributed by atoms with van der Waals surface area (Å²) in [5.41, 5.74) is 0. The molecule has 0 aliphatic carbocycles. The van der Waals surface area contributed by atoms with E-state index in [1.807, 2.05) is 32.8 Å². The van der Waals surface area contributed by atoms with Gasteiger partial charge in [0, 0.05) is 19.1 Å². The van der Waals surface area contributed by atoms with Gasteiger partial charge in [-0.3, -0.25) is 0 Å². The summed E-state index contributed by atoms with van der Waals surface area (Å²) < 4.78 is 0. The number of likely N-dealkylation sites (N-methyl/N-ethyl adjacent to an activating group) is 1. The smallest absolute Gasteiger partial charge is 0.315 e. The summed E-state index contributed by atoms with van der Waals surface area (Å²) in [6.07, 6.45) is 0. The third-order valence-corrected chi connectivity index (χ3v) is 1.35. The van der Waals surface area contributed by atoms with E-state index < -0.39 is 0 Å². The first kappa shape index (κ1) is 11.2. The van der Waals surface area contributed by atoms with Crippen LogP contribution in [-0.2, 0) is 0 Å². The van der Waals surface area contributed by atoms with Crippen LogP contribution in [0.2, 0.25) is 0 Å². The predicted octanol–water partition coefficient (Wildman–Crippen LogP) is 0.256. The number of hydrogen-bond donors (Lipinski definition) is 2. The average molecular weight is 173 g/mol. The van der Waals surface area contributed by atoms with Crippen LogP contribution in [-0.4, -0.2) is 44.2 Å². The first-order chi connectivity index (χ1) is 5.56. The summed E-state index contributed by atoms with van der Waals surface area (Å²) in [5, 5.41) is 5.50. The van der Waals surface area contributed by atoms with Crippen LogP contribution in [0.25, 0.3) is 0 Å². The summed E-state index contributed by atoms with van der Waals surface area (Å²) in [4.78, 5) is 13.0. The lowest BCUT2D eigenvalue weighted by Gasteiger charge is -2.18. The van der Waals surface area contributed by atoms with E-state index in [4.69, 9.17) is 0 Å². The van der Waals surface area contributed by atoms with Crippen molar-refractivity contribution in [3.05, 3.63) is 0 Å². The van der Waals surface area contributed by atoms with Gasteiger partial charge < -0.3 is 15.5 Å². The maximum atomic E-state index is 11.0. The van der Waals surface area contributed by atoms with Gasteiger partial charge in [0.15, 0.2) is 0 Å². The van der Waals surface area contributed by atoms with E-state index in [2.05, 4.69) is 10.6 Å². The minimum absolute atomic E-state index is 0.0909. The highest BCUT2D eigenvalue weighted by Crippen LogP contribution is 1.84. The minimum atomic E-state index is -0.0909. The summed E-state index contributed by atoms with van der Waals surface area (Å²) in [6.45, 7) is 5.41. The number of hydrogen-bond acceptors (Lipinski definition) is 2. The summed E-state index contributed by atoms with van der Waals surface area (Å²) in [7, 11) is 3.96. The van der Waals surface area contributed by atoms with Crippen molar-refractivity contribution in [1.29, 1.82) is 0 Å². The number of urea groups is 1. The van der Waals surface area contributed by atoms with Gasteiger partial charge in [-0.15, -0.1) is 0 Å². The Morgan fingerprint density at radius 3 is 2.50 bits per heavy atom. The van der Waals surface area contributed by atoms with Crippen LogP contribution in [0, 0.1) is 0 Å². The lowest BCUT2D eigenvalue weighted by molar-refractivity contribution is 0.235. The minimum Gasteiger partial charge on any atom is -0.338 e. The van der Waals surface area contributed by atoms with Gasteiger partial charge in [0.05, 0.1) is 0 Å². The molecule has 0 fully saturated rings. The zero-order valence-corrected chi connectivity index (χ0v) is 8.35. The van der Waals surface area contributed by atoms with Gasteiger partial charge in [-0.2, -0.15) is 0 Å². The Bertz CT molecular complexity index is 136. The number of carbonyl (C=O) groups excluding carboxylic acids is 1. The Kier molecular flexibility index (Phi) is 5.45. The number of nitrogens with one attached hydrogen (secondary N) is 2. The molecule has 1 unspecified atom stereocenters. The fraction of sp³-hybridized carbons (Fsp3) is 0.875. The highest BCUT2D eigenvalue weighted by molar-refractivity contribution is 5.74. The molecule has 0 aliphatic heterocycles. The average Bonchev–Trinajstić information content (AvgIpc) is 1.84. The van der Waals surface area contributed by atoms with Crippen molar-refractivity contribution in [2.75, 3.05) is 27.2 Å². The summed E-state index contributed by atoms with van der Waals surface area (Å²) >= 11 is 0. The molecule has 2 amide bonds. The highest BCUT2D eigenvalue weighted by Gasteiger charge is 2.05. The second-order valence-corrected chi connectivity index (χ2v) is 3.17. The molecular formula is C8H19N3O. The van der Waals surface area contributed by atoms with Crippen molar-refractivity contribution in [2.45, 2.75) is 19.9 Å². The number of carbonyl (C=O) groups is 1. The quantitative estimate of drug-likeness (QED) is 0.640. The molecule has 1 atom stereocenters. The Labute approximate surface area is 74.3 Å². The zero-order valence-electron chi connectivity index (χ0n) is 8.35. The van der Waals surface area contributed by atoms with Crippen LogP contribution in [0.15, 0.2) is 0 Å². The molecule has 0 aromatic carbocycles. The molecule has 0 aromatic rings. The second-order valence-electron chi connectivity index (χ2n) is 3.17. The van der Waals surface area contributed by atoms with Crippen LogP contribution in [0.5, 0.6) is 0 Å². The molecule has 0 aromatic heterocycles. The van der Waals surface area contributed by atoms with Crippen molar-refractivity contribution < 1.29 is 4.79 Å². The van der Waals surface area contributed by atoms with Gasteiger partial charge in [-0.25, -0.2) is 4.79 Å². The summed E-state index contributed by atoms with van der Waals surface area (Å²) in [5.74, 6) is 0. The molecule has 0 saturated carbocycles. The van der Waals surface area contributed by atoms with Gasteiger partial charge in [-0.05, 0) is 27.9 Å². The Hall–Kier alpha value is -0.770. The molecule has 0 saturated heterocycles. The lowest BCUT2D eigenvalue weighted by Crippen LogP contribution is -2.44. The molecule has 72 valence electrons. The Morgan fingerprint density at radius 2 is 2.08 bits per heavy atom. The Morgan fingerprint density at radius 1 is 1.50 bits per heavy atom. The van der Waals surface area contributed by atoms with Crippen LogP contribution >= 0.6 is 0 Å². The van der Waals surface area contributed by atoms with Crippen molar-refractivity contribution >= 4 is 6.03 Å². The number of amides is 2. The number of nitrogens with zero attached hydrogens (tertiary/aromatic N) is 1. The SMILES string of the molecule is CCNC(=O)NC(C)CN(C)C. The topological polar surface area (TPSA) is 44.4 Å². The third-order valence-electron chi connectivity index (χ3n) is 1.35. The monoisotopic (exact) mass is 173 g/mol. The molecule has 0 rings (SSSR count). The van der Waals surface area contributed by atoms with E-state index in [-0.39, 0.29) is 12.1 Å². The molecule has 0 aliphatic rings. The molecule has 2 N–H and O–H groups in total. The van der Waals surface area contributed by atoms with Crippen molar-refractivity contribution in [3.8, 4) is 0 Å². The normalized spacial score (nSPS) is 12.8. The van der Waals surface area contributed by atoms with E-state index in [9.17, 15) is 4.79 Å². The van der Waals surface area contributed by atoms with E-state index in [0.717, 1.165) is 6.54 Å². The van der Waals surface area contributed by atoms with Crippen LogP contribution in [0.1, 0.15) is 13.8 Å². The molecule has 0 spiro atoms. The van der Waals surface area contributed by atoms with E-state index in [1.54, 1.807) is 0 Å². The van der Waals surface area contributed by atoms with E-state index in [0.29, 0.717) is 6.54 Å². The first-order valence-electron chi connectivity index (χ1n) is 4.25. The highest BCUT2D eigenvalue weighted by atomic mass is 16.2.